The highest BCUT2D eigenvalue weighted by molar-refractivity contribution is 5.75. The molecule has 0 aromatic heterocycles. The first-order valence-electron chi connectivity index (χ1n) is 11.1. The van der Waals surface area contributed by atoms with E-state index in [-0.39, 0.29) is 12.5 Å². The topological polar surface area (TPSA) is 26.3 Å². The van der Waals surface area contributed by atoms with Crippen LogP contribution in [-0.2, 0) is 17.6 Å². The molecule has 0 bridgehead atoms. The molecule has 0 radical (unpaired) electrons. The summed E-state index contributed by atoms with van der Waals surface area (Å²) in [5, 5.41) is 0. The Morgan fingerprint density at radius 3 is 1.81 bits per heavy atom. The third kappa shape index (κ3) is 6.81. The van der Waals surface area contributed by atoms with Crippen molar-refractivity contribution in [2.24, 2.45) is 5.92 Å². The van der Waals surface area contributed by atoms with Crippen LogP contribution < -0.4 is 4.74 Å². The van der Waals surface area contributed by atoms with E-state index in [2.05, 4.69) is 4.74 Å². The number of ether oxygens (including phenoxy) is 1. The molecule has 2 aromatic rings. The standard InChI is InChI=1S/C25H28F4O2/c26-20-16-21(27)24(29)25(23(20)28)31-22(30)15-19-12-10-18(11-13-19)14-17-8-6-4-2-1-3-5-7-9-17/h10-13,16-17H,1-9,14-15H2. The van der Waals surface area contributed by atoms with Gasteiger partial charge in [-0.05, 0) is 23.5 Å². The smallest absolute Gasteiger partial charge is 0.315 e. The molecule has 1 fully saturated rings. The molecule has 0 N–H and O–H groups in total. The maximum Gasteiger partial charge on any atom is 0.315 e. The van der Waals surface area contributed by atoms with Crippen molar-refractivity contribution in [3.8, 4) is 5.75 Å². The zero-order valence-electron chi connectivity index (χ0n) is 17.6. The lowest BCUT2D eigenvalue weighted by atomic mass is 9.87. The van der Waals surface area contributed by atoms with E-state index >= 15 is 0 Å². The van der Waals surface area contributed by atoms with Crippen LogP contribution in [-0.4, -0.2) is 5.97 Å². The molecule has 2 aromatic carbocycles. The minimum absolute atomic E-state index is 0.0695. The first kappa shape index (κ1) is 23.3. The van der Waals surface area contributed by atoms with Crippen LogP contribution in [0.3, 0.4) is 0 Å². The van der Waals surface area contributed by atoms with Gasteiger partial charge in [-0.2, -0.15) is 8.78 Å². The minimum Gasteiger partial charge on any atom is -0.420 e. The number of rotatable bonds is 5. The fourth-order valence-corrected chi connectivity index (χ4v) is 4.18. The second-order valence-electron chi connectivity index (χ2n) is 8.39. The van der Waals surface area contributed by atoms with E-state index in [4.69, 9.17) is 0 Å². The van der Waals surface area contributed by atoms with E-state index in [1.807, 2.05) is 12.1 Å². The number of esters is 1. The van der Waals surface area contributed by atoms with Crippen molar-refractivity contribution in [2.75, 3.05) is 0 Å². The van der Waals surface area contributed by atoms with E-state index in [1.165, 1.54) is 63.4 Å². The summed E-state index contributed by atoms with van der Waals surface area (Å²) in [6.07, 6.45) is 12.3. The first-order valence-corrected chi connectivity index (χ1v) is 11.1. The van der Waals surface area contributed by atoms with Crippen LogP contribution in [0.2, 0.25) is 0 Å². The number of halogens is 4. The molecule has 0 saturated heterocycles. The molecular formula is C25H28F4O2. The largest absolute Gasteiger partial charge is 0.420 e. The van der Waals surface area contributed by atoms with Gasteiger partial charge in [-0.15, -0.1) is 0 Å². The zero-order valence-corrected chi connectivity index (χ0v) is 17.6. The van der Waals surface area contributed by atoms with Gasteiger partial charge in [0.15, 0.2) is 11.6 Å². The van der Waals surface area contributed by atoms with Gasteiger partial charge in [0.1, 0.15) is 0 Å². The maximum absolute atomic E-state index is 13.7. The summed E-state index contributed by atoms with van der Waals surface area (Å²) < 4.78 is 58.4. The third-order valence-electron chi connectivity index (χ3n) is 5.91. The molecule has 2 nitrogen and oxygen atoms in total. The van der Waals surface area contributed by atoms with Gasteiger partial charge < -0.3 is 4.74 Å². The summed E-state index contributed by atoms with van der Waals surface area (Å²) in [6.45, 7) is 0. The molecule has 0 amide bonds. The Balaban J connectivity index is 1.57. The number of benzene rings is 2. The highest BCUT2D eigenvalue weighted by Gasteiger charge is 2.23. The van der Waals surface area contributed by atoms with Crippen molar-refractivity contribution < 1.29 is 27.1 Å². The van der Waals surface area contributed by atoms with Crippen LogP contribution in [0.1, 0.15) is 68.9 Å². The summed E-state index contributed by atoms with van der Waals surface area (Å²) in [6, 6.07) is 7.51. The Labute approximate surface area is 180 Å². The quantitative estimate of drug-likeness (QED) is 0.217. The highest BCUT2D eigenvalue weighted by atomic mass is 19.2. The third-order valence-corrected chi connectivity index (χ3v) is 5.91. The van der Waals surface area contributed by atoms with Crippen molar-refractivity contribution >= 4 is 5.97 Å². The van der Waals surface area contributed by atoms with Gasteiger partial charge in [0.25, 0.3) is 0 Å². The molecule has 1 saturated carbocycles. The van der Waals surface area contributed by atoms with E-state index in [0.29, 0.717) is 11.5 Å². The first-order chi connectivity index (χ1) is 14.9. The average Bonchev–Trinajstić information content (AvgIpc) is 2.75. The van der Waals surface area contributed by atoms with Gasteiger partial charge in [-0.1, -0.05) is 82.1 Å². The van der Waals surface area contributed by atoms with Gasteiger partial charge in [0.2, 0.25) is 17.4 Å². The normalized spacial score (nSPS) is 16.1. The highest BCUT2D eigenvalue weighted by Crippen LogP contribution is 2.27. The molecule has 6 heteroatoms. The van der Waals surface area contributed by atoms with Crippen LogP contribution in [0, 0.1) is 29.2 Å². The lowest BCUT2D eigenvalue weighted by molar-refractivity contribution is -0.134. The van der Waals surface area contributed by atoms with Gasteiger partial charge in [-0.3, -0.25) is 4.79 Å². The fourth-order valence-electron chi connectivity index (χ4n) is 4.18. The maximum atomic E-state index is 13.7. The molecule has 0 spiro atoms. The fraction of sp³-hybridized carbons (Fsp3) is 0.480. The second-order valence-corrected chi connectivity index (χ2v) is 8.39. The predicted molar refractivity (Wildman–Crippen MR) is 111 cm³/mol. The molecule has 0 aliphatic heterocycles. The van der Waals surface area contributed by atoms with Crippen molar-refractivity contribution in [1.29, 1.82) is 0 Å². The molecule has 31 heavy (non-hydrogen) atoms. The average molecular weight is 436 g/mol. The molecule has 0 heterocycles. The number of hydrogen-bond donors (Lipinski definition) is 0. The van der Waals surface area contributed by atoms with E-state index in [9.17, 15) is 22.4 Å². The van der Waals surface area contributed by atoms with Crippen molar-refractivity contribution in [3.05, 3.63) is 64.7 Å². The van der Waals surface area contributed by atoms with Crippen LogP contribution in [0.5, 0.6) is 5.75 Å². The number of carbonyl (C=O) groups excluding carboxylic acids is 1. The molecule has 0 unspecified atom stereocenters. The Hall–Kier alpha value is -2.37. The van der Waals surface area contributed by atoms with Gasteiger partial charge >= 0.3 is 5.97 Å². The number of carbonyl (C=O) groups is 1. The minimum atomic E-state index is -1.73. The van der Waals surface area contributed by atoms with Crippen molar-refractivity contribution in [3.63, 3.8) is 0 Å². The summed E-state index contributed by atoms with van der Waals surface area (Å²) in [4.78, 5) is 12.0. The lowest BCUT2D eigenvalue weighted by Crippen LogP contribution is -2.14. The van der Waals surface area contributed by atoms with Crippen LogP contribution >= 0.6 is 0 Å². The second kappa shape index (κ2) is 11.3. The zero-order chi connectivity index (χ0) is 22.2. The van der Waals surface area contributed by atoms with Gasteiger partial charge in [0, 0.05) is 6.07 Å². The summed E-state index contributed by atoms with van der Waals surface area (Å²) in [5.41, 5.74) is 1.78. The summed E-state index contributed by atoms with van der Waals surface area (Å²) >= 11 is 0. The van der Waals surface area contributed by atoms with Crippen LogP contribution in [0.15, 0.2) is 30.3 Å². The molecule has 0 atom stereocenters. The van der Waals surface area contributed by atoms with E-state index in [1.54, 1.807) is 12.1 Å². The number of hydrogen-bond acceptors (Lipinski definition) is 2. The monoisotopic (exact) mass is 436 g/mol. The Bertz CT molecular complexity index is 844. The Kier molecular flexibility index (Phi) is 8.50. The van der Waals surface area contributed by atoms with Crippen molar-refractivity contribution in [2.45, 2.75) is 70.6 Å². The Morgan fingerprint density at radius 2 is 1.26 bits per heavy atom. The predicted octanol–water partition coefficient (Wildman–Crippen LogP) is 7.07. The van der Waals surface area contributed by atoms with Gasteiger partial charge in [-0.25, -0.2) is 8.78 Å². The van der Waals surface area contributed by atoms with E-state index < -0.39 is 35.0 Å². The lowest BCUT2D eigenvalue weighted by Gasteiger charge is -2.18. The van der Waals surface area contributed by atoms with Gasteiger partial charge in [0.05, 0.1) is 6.42 Å². The summed E-state index contributed by atoms with van der Waals surface area (Å²) in [7, 11) is 0. The van der Waals surface area contributed by atoms with Crippen LogP contribution in [0.25, 0.3) is 0 Å². The molecule has 1 aliphatic rings. The van der Waals surface area contributed by atoms with Crippen LogP contribution in [0.4, 0.5) is 17.6 Å². The molecule has 168 valence electrons. The SMILES string of the molecule is O=C(Cc1ccc(CC2CCCCCCCCC2)cc1)Oc1c(F)c(F)cc(F)c1F. The Morgan fingerprint density at radius 1 is 0.774 bits per heavy atom. The van der Waals surface area contributed by atoms with Crippen molar-refractivity contribution in [1.82, 2.24) is 0 Å². The molecule has 1 aliphatic carbocycles. The van der Waals surface area contributed by atoms with E-state index in [0.717, 1.165) is 6.42 Å². The summed E-state index contributed by atoms with van der Waals surface area (Å²) in [5.74, 6) is -8.39. The molecular weight excluding hydrogens is 408 g/mol. The molecule has 3 rings (SSSR count).